The number of ether oxygens (including phenoxy) is 2. The molecule has 2 aromatic rings. The molecule has 0 spiro atoms. The third-order valence-electron chi connectivity index (χ3n) is 7.68. The van der Waals surface area contributed by atoms with E-state index in [-0.39, 0.29) is 6.09 Å². The zero-order valence-corrected chi connectivity index (χ0v) is 18.4. The maximum Gasteiger partial charge on any atom is 0.409 e. The number of nitrogens with zero attached hydrogens (tertiary/aromatic N) is 3. The van der Waals surface area contributed by atoms with Gasteiger partial charge in [0.2, 0.25) is 0 Å². The number of fused-ring (bicyclic) bond motifs is 2. The first-order chi connectivity index (χ1) is 14.5. The van der Waals surface area contributed by atoms with Crippen molar-refractivity contribution < 1.29 is 14.3 Å². The first kappa shape index (κ1) is 19.9. The van der Waals surface area contributed by atoms with Gasteiger partial charge in [-0.25, -0.2) is 4.79 Å². The van der Waals surface area contributed by atoms with Crippen LogP contribution in [0.3, 0.4) is 0 Å². The molecule has 0 bridgehead atoms. The quantitative estimate of drug-likeness (QED) is 0.778. The van der Waals surface area contributed by atoms with E-state index in [0.29, 0.717) is 50.8 Å². The second kappa shape index (κ2) is 7.89. The van der Waals surface area contributed by atoms with Crippen LogP contribution in [0.4, 0.5) is 4.79 Å². The number of likely N-dealkylation sites (N-methyl/N-ethyl adjacent to an activating group) is 1. The highest BCUT2D eigenvalue weighted by Crippen LogP contribution is 2.46. The monoisotopic (exact) mass is 411 g/mol. The summed E-state index contributed by atoms with van der Waals surface area (Å²) < 4.78 is 13.3. The first-order valence-corrected chi connectivity index (χ1v) is 11.3. The fourth-order valence-electron chi connectivity index (χ4n) is 5.93. The number of benzene rings is 1. The second-order valence-electron chi connectivity index (χ2n) is 9.29. The molecular weight excluding hydrogens is 378 g/mol. The van der Waals surface area contributed by atoms with Crippen molar-refractivity contribution in [2.24, 2.45) is 13.0 Å². The molecule has 0 radical (unpaired) electrons. The number of amides is 1. The van der Waals surface area contributed by atoms with Crippen LogP contribution in [0.15, 0.2) is 18.2 Å². The van der Waals surface area contributed by atoms with Crippen LogP contribution < -0.4 is 0 Å². The molecular formula is C24H33N3O3. The van der Waals surface area contributed by atoms with Crippen LogP contribution in [0.1, 0.15) is 35.6 Å². The Morgan fingerprint density at radius 1 is 1.23 bits per heavy atom. The lowest BCUT2D eigenvalue weighted by atomic mass is 9.71. The summed E-state index contributed by atoms with van der Waals surface area (Å²) in [6, 6.07) is 7.38. The van der Waals surface area contributed by atoms with Gasteiger partial charge in [0.05, 0.1) is 19.8 Å². The number of likely N-dealkylation sites (tertiary alicyclic amines) is 1. The molecule has 2 fully saturated rings. The lowest BCUT2D eigenvalue weighted by Crippen LogP contribution is -2.48. The molecule has 1 aromatic carbocycles. The lowest BCUT2D eigenvalue weighted by molar-refractivity contribution is 0.0232. The molecule has 6 heteroatoms. The highest BCUT2D eigenvalue weighted by molar-refractivity contribution is 5.90. The van der Waals surface area contributed by atoms with Gasteiger partial charge in [0.15, 0.2) is 0 Å². The third kappa shape index (κ3) is 3.30. The van der Waals surface area contributed by atoms with E-state index in [1.165, 1.54) is 34.1 Å². The van der Waals surface area contributed by atoms with Crippen LogP contribution in [0.25, 0.3) is 10.9 Å². The van der Waals surface area contributed by atoms with E-state index in [4.69, 9.17) is 9.47 Å². The van der Waals surface area contributed by atoms with Crippen LogP contribution in [0.2, 0.25) is 0 Å². The maximum absolute atomic E-state index is 12.3. The van der Waals surface area contributed by atoms with Gasteiger partial charge in [0.1, 0.15) is 0 Å². The molecule has 30 heavy (non-hydrogen) atoms. The highest BCUT2D eigenvalue weighted by atomic mass is 16.6. The van der Waals surface area contributed by atoms with E-state index in [9.17, 15) is 4.79 Å². The Morgan fingerprint density at radius 3 is 2.83 bits per heavy atom. The van der Waals surface area contributed by atoms with Crippen molar-refractivity contribution in [1.29, 1.82) is 0 Å². The average Bonchev–Trinajstić information content (AvgIpc) is 3.01. The van der Waals surface area contributed by atoms with Gasteiger partial charge in [-0.3, -0.25) is 0 Å². The van der Waals surface area contributed by atoms with E-state index < -0.39 is 0 Å². The van der Waals surface area contributed by atoms with Crippen molar-refractivity contribution in [3.8, 4) is 0 Å². The fraction of sp³-hybridized carbons (Fsp3) is 0.625. The third-order valence-corrected chi connectivity index (χ3v) is 7.68. The Hall–Kier alpha value is -2.05. The van der Waals surface area contributed by atoms with Crippen LogP contribution in [-0.2, 0) is 22.9 Å². The van der Waals surface area contributed by atoms with Crippen LogP contribution in [0, 0.1) is 12.8 Å². The van der Waals surface area contributed by atoms with Crippen molar-refractivity contribution in [1.82, 2.24) is 14.4 Å². The van der Waals surface area contributed by atoms with Gasteiger partial charge >= 0.3 is 6.09 Å². The van der Waals surface area contributed by atoms with Crippen molar-refractivity contribution in [3.63, 3.8) is 0 Å². The minimum Gasteiger partial charge on any atom is -0.449 e. The topological polar surface area (TPSA) is 46.9 Å². The lowest BCUT2D eigenvalue weighted by Gasteiger charge is -2.45. The van der Waals surface area contributed by atoms with Gasteiger partial charge in [0, 0.05) is 55.2 Å². The average molecular weight is 412 g/mol. The minimum atomic E-state index is -0.188. The molecule has 2 aliphatic heterocycles. The van der Waals surface area contributed by atoms with Gasteiger partial charge in [-0.2, -0.15) is 0 Å². The number of piperidine rings is 1. The van der Waals surface area contributed by atoms with Crippen LogP contribution in [-0.4, -0.2) is 73.0 Å². The molecule has 162 valence electrons. The fourth-order valence-corrected chi connectivity index (χ4v) is 5.93. The predicted molar refractivity (Wildman–Crippen MR) is 117 cm³/mol. The van der Waals surface area contributed by atoms with E-state index in [0.717, 1.165) is 19.4 Å². The summed E-state index contributed by atoms with van der Waals surface area (Å²) in [5.41, 5.74) is 5.82. The number of rotatable bonds is 3. The summed E-state index contributed by atoms with van der Waals surface area (Å²) in [5, 5.41) is 1.49. The highest BCUT2D eigenvalue weighted by Gasteiger charge is 2.40. The second-order valence-corrected chi connectivity index (χ2v) is 9.29. The van der Waals surface area contributed by atoms with Crippen molar-refractivity contribution in [3.05, 3.63) is 35.0 Å². The van der Waals surface area contributed by atoms with E-state index in [1.807, 2.05) is 0 Å². The maximum atomic E-state index is 12.3. The summed E-state index contributed by atoms with van der Waals surface area (Å²) in [6.45, 7) is 6.33. The molecule has 5 rings (SSSR count). The molecule has 1 aromatic heterocycles. The zero-order valence-electron chi connectivity index (χ0n) is 18.4. The number of aromatic nitrogens is 1. The number of aryl methyl sites for hydroxylation is 1. The Bertz CT molecular complexity index is 947. The summed E-state index contributed by atoms with van der Waals surface area (Å²) in [7, 11) is 4.46. The largest absolute Gasteiger partial charge is 0.449 e. The van der Waals surface area contributed by atoms with Crippen molar-refractivity contribution in [2.75, 3.05) is 46.5 Å². The molecule has 3 heterocycles. The number of hydrogen-bond acceptors (Lipinski definition) is 4. The summed E-state index contributed by atoms with van der Waals surface area (Å²) >= 11 is 0. The smallest absolute Gasteiger partial charge is 0.409 e. The first-order valence-electron chi connectivity index (χ1n) is 11.3. The van der Waals surface area contributed by atoms with Gasteiger partial charge in [0.25, 0.3) is 0 Å². The number of carbonyl (C=O) groups excluding carboxylic acids is 1. The van der Waals surface area contributed by atoms with E-state index >= 15 is 0 Å². The Morgan fingerprint density at radius 2 is 2.03 bits per heavy atom. The molecule has 2 saturated heterocycles. The molecule has 0 N–H and O–H groups in total. The van der Waals surface area contributed by atoms with Crippen LogP contribution in [0.5, 0.6) is 0 Å². The molecule has 3 aliphatic rings. The van der Waals surface area contributed by atoms with E-state index in [2.05, 4.69) is 48.7 Å². The molecule has 1 aliphatic carbocycles. The van der Waals surface area contributed by atoms with Gasteiger partial charge in [-0.1, -0.05) is 12.1 Å². The predicted octanol–water partition coefficient (Wildman–Crippen LogP) is 3.31. The molecule has 0 saturated carbocycles. The minimum absolute atomic E-state index is 0.188. The van der Waals surface area contributed by atoms with Crippen LogP contribution >= 0.6 is 0 Å². The van der Waals surface area contributed by atoms with E-state index in [1.54, 1.807) is 4.90 Å². The summed E-state index contributed by atoms with van der Waals surface area (Å²) in [6.07, 6.45) is 3.06. The standard InChI is InChI=1S/C24H33N3O3/c1-16-19-14-22-20(18-5-4-6-21(23(18)19)26(16)3)13-17(15-25(22)2)7-10-30-24(28)27-8-11-29-12-9-27/h4-6,17,20,22H,7-15H2,1-3H3/t17?,20-,22-/m0/s1. The Labute approximate surface area is 178 Å². The van der Waals surface area contributed by atoms with Gasteiger partial charge in [-0.05, 0) is 56.3 Å². The molecule has 3 atom stereocenters. The summed E-state index contributed by atoms with van der Waals surface area (Å²) in [5.74, 6) is 1.11. The van der Waals surface area contributed by atoms with Crippen molar-refractivity contribution >= 4 is 17.0 Å². The molecule has 1 amide bonds. The normalized spacial score (nSPS) is 26.6. The number of carbonyl (C=O) groups is 1. The van der Waals surface area contributed by atoms with Gasteiger partial charge in [-0.15, -0.1) is 0 Å². The molecule has 1 unspecified atom stereocenters. The number of hydrogen-bond donors (Lipinski definition) is 0. The number of morpholine rings is 1. The summed E-state index contributed by atoms with van der Waals surface area (Å²) in [4.78, 5) is 16.6. The Kier molecular flexibility index (Phi) is 5.23. The van der Waals surface area contributed by atoms with Crippen molar-refractivity contribution in [2.45, 2.75) is 38.1 Å². The molecule has 6 nitrogen and oxygen atoms in total. The van der Waals surface area contributed by atoms with Gasteiger partial charge < -0.3 is 23.8 Å². The SMILES string of the molecule is Cc1c2c3c(cccc3n1C)[C@@H]1CC(CCOC(=O)N3CCOCC3)CN(C)[C@H]1C2. The zero-order chi connectivity index (χ0) is 20.8. The Balaban J connectivity index is 1.28.